The fourth-order valence-corrected chi connectivity index (χ4v) is 1.93. The number of nitrogens with one attached hydrogen (secondary N) is 1. The number of carbonyl (C=O) groups excluding carboxylic acids is 1. The van der Waals surface area contributed by atoms with E-state index in [1.54, 1.807) is 20.8 Å². The van der Waals surface area contributed by atoms with Crippen molar-refractivity contribution < 1.29 is 17.9 Å². The Hall–Kier alpha value is -1.35. The number of amidine groups is 1. The van der Waals surface area contributed by atoms with E-state index in [0.29, 0.717) is 18.9 Å². The summed E-state index contributed by atoms with van der Waals surface area (Å²) in [4.78, 5) is 17.6. The van der Waals surface area contributed by atoms with Crippen molar-refractivity contribution in [2.24, 2.45) is 10.1 Å². The lowest BCUT2D eigenvalue weighted by molar-refractivity contribution is 0.0276. The number of aliphatic imine (C=N–C) groups is 1. The van der Waals surface area contributed by atoms with Crippen LogP contribution in [-0.4, -0.2) is 62.8 Å². The summed E-state index contributed by atoms with van der Waals surface area (Å²) in [6.45, 7) is 6.78. The lowest BCUT2D eigenvalue weighted by Gasteiger charge is -2.29. The monoisotopic (exact) mass is 306 g/mol. The topological polar surface area (TPSA) is 114 Å². The third-order valence-electron chi connectivity index (χ3n) is 2.38. The summed E-state index contributed by atoms with van der Waals surface area (Å²) in [7, 11) is -3.50. The van der Waals surface area contributed by atoms with Gasteiger partial charge in [-0.15, -0.1) is 0 Å². The molecule has 8 nitrogen and oxygen atoms in total. The van der Waals surface area contributed by atoms with Crippen molar-refractivity contribution in [3.05, 3.63) is 0 Å². The zero-order valence-corrected chi connectivity index (χ0v) is 12.9. The number of nitrogens with zero attached hydrogens (tertiary/aromatic N) is 2. The largest absolute Gasteiger partial charge is 0.444 e. The summed E-state index contributed by atoms with van der Waals surface area (Å²) < 4.78 is 26.9. The van der Waals surface area contributed by atoms with Gasteiger partial charge in [-0.25, -0.2) is 18.4 Å². The van der Waals surface area contributed by atoms with Crippen LogP contribution in [0.4, 0.5) is 4.79 Å². The van der Waals surface area contributed by atoms with Crippen molar-refractivity contribution in [1.82, 2.24) is 10.2 Å². The molecule has 3 N–H and O–H groups in total. The van der Waals surface area contributed by atoms with Crippen molar-refractivity contribution in [1.29, 1.82) is 0 Å². The van der Waals surface area contributed by atoms with Crippen molar-refractivity contribution in [3.63, 3.8) is 0 Å². The molecule has 0 aromatic carbocycles. The Kier molecular flexibility index (Phi) is 5.35. The minimum Gasteiger partial charge on any atom is -0.444 e. The molecule has 1 rings (SSSR count). The second kappa shape index (κ2) is 6.40. The molecule has 1 heterocycles. The first-order chi connectivity index (χ1) is 9.07. The van der Waals surface area contributed by atoms with E-state index in [2.05, 4.69) is 10.3 Å². The second-order valence-corrected chi connectivity index (χ2v) is 7.26. The van der Waals surface area contributed by atoms with E-state index in [9.17, 15) is 13.2 Å². The second-order valence-electron chi connectivity index (χ2n) is 5.52. The minimum atomic E-state index is -3.50. The number of primary sulfonamides is 1. The summed E-state index contributed by atoms with van der Waals surface area (Å²) in [5, 5.41) is 7.77. The summed E-state index contributed by atoms with van der Waals surface area (Å²) in [5.74, 6) is 0.379. The number of hydrogen-bond acceptors (Lipinski definition) is 6. The predicted molar refractivity (Wildman–Crippen MR) is 76.1 cm³/mol. The van der Waals surface area contributed by atoms with Gasteiger partial charge in [-0.05, 0) is 20.8 Å². The Morgan fingerprint density at radius 2 is 2.15 bits per heavy atom. The summed E-state index contributed by atoms with van der Waals surface area (Å²) in [6, 6.07) is 0. The van der Waals surface area contributed by atoms with Gasteiger partial charge in [-0.2, -0.15) is 0 Å². The number of ether oxygens (including phenoxy) is 1. The van der Waals surface area contributed by atoms with Crippen LogP contribution in [0.3, 0.4) is 0 Å². The van der Waals surface area contributed by atoms with Crippen LogP contribution in [0.25, 0.3) is 0 Å². The third kappa shape index (κ3) is 6.71. The number of sulfonamides is 1. The lowest BCUT2D eigenvalue weighted by atomic mass is 10.2. The molecule has 0 aliphatic carbocycles. The van der Waals surface area contributed by atoms with Gasteiger partial charge in [0.05, 0.1) is 18.8 Å². The van der Waals surface area contributed by atoms with Crippen molar-refractivity contribution in [2.75, 3.05) is 31.9 Å². The normalized spacial score (nSPS) is 16.6. The molecule has 9 heteroatoms. The van der Waals surface area contributed by atoms with Crippen LogP contribution in [0.2, 0.25) is 0 Å². The highest BCUT2D eigenvalue weighted by molar-refractivity contribution is 7.89. The van der Waals surface area contributed by atoms with E-state index in [4.69, 9.17) is 9.88 Å². The summed E-state index contributed by atoms with van der Waals surface area (Å²) >= 11 is 0. The molecule has 0 radical (unpaired) electrons. The minimum absolute atomic E-state index is 0.166. The quantitative estimate of drug-likeness (QED) is 0.730. The summed E-state index contributed by atoms with van der Waals surface area (Å²) in [6.07, 6.45) is -0.404. The molecule has 1 amide bonds. The molecule has 0 saturated carbocycles. The van der Waals surface area contributed by atoms with E-state index < -0.39 is 21.7 Å². The lowest BCUT2D eigenvalue weighted by Crippen LogP contribution is -2.48. The number of amides is 1. The Morgan fingerprint density at radius 1 is 1.50 bits per heavy atom. The zero-order valence-electron chi connectivity index (χ0n) is 12.0. The zero-order chi connectivity index (χ0) is 15.4. The molecule has 20 heavy (non-hydrogen) atoms. The SMILES string of the molecule is CC(C)(C)OC(=O)N1CCN=C(NCCS(N)(=O)=O)C1. The van der Waals surface area contributed by atoms with E-state index >= 15 is 0 Å². The molecule has 0 bridgehead atoms. The van der Waals surface area contributed by atoms with Crippen LogP contribution in [0.1, 0.15) is 20.8 Å². The Morgan fingerprint density at radius 3 is 2.70 bits per heavy atom. The van der Waals surface area contributed by atoms with Gasteiger partial charge in [0.25, 0.3) is 0 Å². The highest BCUT2D eigenvalue weighted by Gasteiger charge is 2.24. The Balaban J connectivity index is 2.46. The van der Waals surface area contributed by atoms with Gasteiger partial charge in [0, 0.05) is 13.1 Å². The molecule has 0 fully saturated rings. The summed E-state index contributed by atoms with van der Waals surface area (Å²) in [5.41, 5.74) is -0.549. The number of rotatable bonds is 3. The molecule has 0 aromatic rings. The first-order valence-electron chi connectivity index (χ1n) is 6.32. The van der Waals surface area contributed by atoms with Gasteiger partial charge < -0.3 is 10.1 Å². The molecule has 0 aromatic heterocycles. The molecule has 0 atom stereocenters. The first-order valence-corrected chi connectivity index (χ1v) is 8.04. The van der Waals surface area contributed by atoms with Gasteiger partial charge in [-0.1, -0.05) is 0 Å². The van der Waals surface area contributed by atoms with Gasteiger partial charge in [-0.3, -0.25) is 9.89 Å². The van der Waals surface area contributed by atoms with Crippen LogP contribution in [0, 0.1) is 0 Å². The van der Waals surface area contributed by atoms with Gasteiger partial charge in [0.2, 0.25) is 10.0 Å². The van der Waals surface area contributed by atoms with Gasteiger partial charge in [0.15, 0.2) is 0 Å². The van der Waals surface area contributed by atoms with Gasteiger partial charge in [0.1, 0.15) is 11.4 Å². The molecule has 0 saturated heterocycles. The van der Waals surface area contributed by atoms with Crippen LogP contribution in [-0.2, 0) is 14.8 Å². The van der Waals surface area contributed by atoms with Crippen LogP contribution in [0.5, 0.6) is 0 Å². The van der Waals surface area contributed by atoms with E-state index in [-0.39, 0.29) is 18.8 Å². The Bertz CT molecular complexity index is 481. The Labute approximate surface area is 119 Å². The van der Waals surface area contributed by atoms with Crippen LogP contribution in [0.15, 0.2) is 4.99 Å². The maximum atomic E-state index is 11.9. The maximum absolute atomic E-state index is 11.9. The van der Waals surface area contributed by atoms with E-state index in [0.717, 1.165) is 0 Å². The number of nitrogens with two attached hydrogens (primary N) is 1. The molecular weight excluding hydrogens is 284 g/mol. The first kappa shape index (κ1) is 16.7. The van der Waals surface area contributed by atoms with Crippen molar-refractivity contribution in [2.45, 2.75) is 26.4 Å². The molecule has 1 aliphatic heterocycles. The molecule has 116 valence electrons. The standard InChI is InChI=1S/C11H22N4O4S/c1-11(2,3)19-10(16)15-6-4-13-9(8-15)14-5-7-20(12,17)18/h4-8H2,1-3H3,(H,13,14)(H2,12,17,18). The average Bonchev–Trinajstić information content (AvgIpc) is 2.25. The predicted octanol–water partition coefficient (Wildman–Crippen LogP) is -0.486. The molecule has 0 spiro atoms. The van der Waals surface area contributed by atoms with Crippen LogP contribution >= 0.6 is 0 Å². The van der Waals surface area contributed by atoms with E-state index in [1.165, 1.54) is 4.90 Å². The maximum Gasteiger partial charge on any atom is 0.410 e. The molecule has 1 aliphatic rings. The smallest absolute Gasteiger partial charge is 0.410 e. The number of carbonyl (C=O) groups is 1. The fraction of sp³-hybridized carbons (Fsp3) is 0.818. The fourth-order valence-electron chi connectivity index (χ4n) is 1.55. The molecular formula is C11H22N4O4S. The highest BCUT2D eigenvalue weighted by atomic mass is 32.2. The van der Waals surface area contributed by atoms with Crippen molar-refractivity contribution in [3.8, 4) is 0 Å². The molecule has 0 unspecified atom stereocenters. The van der Waals surface area contributed by atoms with E-state index in [1.807, 2.05) is 0 Å². The highest BCUT2D eigenvalue weighted by Crippen LogP contribution is 2.10. The van der Waals surface area contributed by atoms with Gasteiger partial charge >= 0.3 is 6.09 Å². The van der Waals surface area contributed by atoms with Crippen molar-refractivity contribution >= 4 is 22.0 Å². The van der Waals surface area contributed by atoms with Crippen LogP contribution < -0.4 is 10.5 Å². The average molecular weight is 306 g/mol. The number of hydrogen-bond donors (Lipinski definition) is 2. The third-order valence-corrected chi connectivity index (χ3v) is 3.15.